The average Bonchev–Trinajstić information content (AvgIpc) is 2.90. The number of halogens is 1. The Kier molecular flexibility index (Phi) is 6.46. The van der Waals surface area contributed by atoms with Gasteiger partial charge in [-0.15, -0.1) is 0 Å². The number of rotatable bonds is 3. The van der Waals surface area contributed by atoms with Crippen LogP contribution in [0, 0.1) is 5.82 Å². The maximum Gasteiger partial charge on any atom is 0.339 e. The van der Waals surface area contributed by atoms with E-state index in [0.29, 0.717) is 23.4 Å². The van der Waals surface area contributed by atoms with Gasteiger partial charge in [0.15, 0.2) is 0 Å². The van der Waals surface area contributed by atoms with Crippen molar-refractivity contribution in [1.82, 2.24) is 4.98 Å². The van der Waals surface area contributed by atoms with E-state index in [0.717, 1.165) is 0 Å². The van der Waals surface area contributed by atoms with Crippen molar-refractivity contribution < 1.29 is 19.0 Å². The Hall–Kier alpha value is -2.14. The SMILES string of the molecule is CCO.CCOC(=O)c1c[nH]c(-c2ccccc2F)c1. The molecular formula is C15H18FNO3. The van der Waals surface area contributed by atoms with Crippen molar-refractivity contribution in [2.45, 2.75) is 13.8 Å². The fourth-order valence-electron chi connectivity index (χ4n) is 1.56. The molecule has 1 heterocycles. The highest BCUT2D eigenvalue weighted by Gasteiger charge is 2.11. The lowest BCUT2D eigenvalue weighted by Gasteiger charge is -1.99. The number of hydrogen-bond acceptors (Lipinski definition) is 3. The second kappa shape index (κ2) is 8.12. The molecule has 0 saturated carbocycles. The van der Waals surface area contributed by atoms with Crippen LogP contribution < -0.4 is 0 Å². The maximum atomic E-state index is 13.5. The normalized spacial score (nSPS) is 9.60. The number of nitrogens with one attached hydrogen (secondary N) is 1. The van der Waals surface area contributed by atoms with Gasteiger partial charge in [-0.2, -0.15) is 0 Å². The van der Waals surface area contributed by atoms with E-state index >= 15 is 0 Å². The summed E-state index contributed by atoms with van der Waals surface area (Å²) in [6.07, 6.45) is 1.51. The van der Waals surface area contributed by atoms with Gasteiger partial charge in [0.1, 0.15) is 5.82 Å². The number of hydrogen-bond donors (Lipinski definition) is 2. The molecule has 0 spiro atoms. The molecule has 1 aromatic carbocycles. The first-order chi connectivity index (χ1) is 9.63. The smallest absolute Gasteiger partial charge is 0.339 e. The summed E-state index contributed by atoms with van der Waals surface area (Å²) < 4.78 is 18.4. The van der Waals surface area contributed by atoms with Gasteiger partial charge in [-0.1, -0.05) is 12.1 Å². The topological polar surface area (TPSA) is 62.3 Å². The van der Waals surface area contributed by atoms with Gasteiger partial charge in [-0.25, -0.2) is 9.18 Å². The average molecular weight is 279 g/mol. The standard InChI is InChI=1S/C13H12FNO2.C2H6O/c1-2-17-13(16)9-7-12(15-8-9)10-5-3-4-6-11(10)14;1-2-3/h3-8,15H,2H2,1H3;3H,2H2,1H3. The summed E-state index contributed by atoms with van der Waals surface area (Å²) in [7, 11) is 0. The van der Waals surface area contributed by atoms with Crippen molar-refractivity contribution in [1.29, 1.82) is 0 Å². The van der Waals surface area contributed by atoms with Gasteiger partial charge in [-0.3, -0.25) is 0 Å². The van der Waals surface area contributed by atoms with Crippen molar-refractivity contribution in [3.8, 4) is 11.3 Å². The summed E-state index contributed by atoms with van der Waals surface area (Å²) in [5, 5.41) is 7.57. The van der Waals surface area contributed by atoms with E-state index in [1.807, 2.05) is 0 Å². The van der Waals surface area contributed by atoms with Crippen molar-refractivity contribution >= 4 is 5.97 Å². The lowest BCUT2D eigenvalue weighted by atomic mass is 10.1. The predicted molar refractivity (Wildman–Crippen MR) is 74.9 cm³/mol. The fourth-order valence-corrected chi connectivity index (χ4v) is 1.56. The second-order valence-electron chi connectivity index (χ2n) is 3.82. The minimum Gasteiger partial charge on any atom is -0.462 e. The minimum absolute atomic E-state index is 0.250. The number of aromatic nitrogens is 1. The molecule has 20 heavy (non-hydrogen) atoms. The number of aliphatic hydroxyl groups is 1. The van der Waals surface area contributed by atoms with Crippen LogP contribution in [0.4, 0.5) is 4.39 Å². The van der Waals surface area contributed by atoms with E-state index in [4.69, 9.17) is 9.84 Å². The van der Waals surface area contributed by atoms with Gasteiger partial charge in [-0.05, 0) is 32.0 Å². The number of esters is 1. The molecule has 0 bridgehead atoms. The number of carbonyl (C=O) groups excluding carboxylic acids is 1. The molecule has 0 fully saturated rings. The summed E-state index contributed by atoms with van der Waals surface area (Å²) >= 11 is 0. The zero-order valence-corrected chi connectivity index (χ0v) is 11.5. The van der Waals surface area contributed by atoms with E-state index in [9.17, 15) is 9.18 Å². The Labute approximate surface area is 117 Å². The van der Waals surface area contributed by atoms with Crippen LogP contribution in [0.1, 0.15) is 24.2 Å². The molecule has 1 aromatic heterocycles. The molecule has 0 unspecified atom stereocenters. The highest BCUT2D eigenvalue weighted by atomic mass is 19.1. The van der Waals surface area contributed by atoms with Gasteiger partial charge in [0.05, 0.1) is 12.2 Å². The third-order valence-corrected chi connectivity index (χ3v) is 2.36. The molecule has 0 radical (unpaired) electrons. The first kappa shape index (κ1) is 15.9. The Morgan fingerprint density at radius 2 is 2.00 bits per heavy atom. The summed E-state index contributed by atoms with van der Waals surface area (Å²) in [5.74, 6) is -0.740. The molecule has 0 aliphatic carbocycles. The molecule has 4 nitrogen and oxygen atoms in total. The quantitative estimate of drug-likeness (QED) is 0.849. The van der Waals surface area contributed by atoms with E-state index < -0.39 is 5.97 Å². The minimum atomic E-state index is -0.411. The predicted octanol–water partition coefficient (Wildman–Crippen LogP) is 3.00. The summed E-state index contributed by atoms with van der Waals surface area (Å²) in [6.45, 7) is 3.99. The molecule has 2 rings (SSSR count). The van der Waals surface area contributed by atoms with E-state index in [1.165, 1.54) is 12.3 Å². The van der Waals surface area contributed by atoms with Crippen LogP contribution in [-0.2, 0) is 4.74 Å². The first-order valence-electron chi connectivity index (χ1n) is 6.35. The van der Waals surface area contributed by atoms with Crippen molar-refractivity contribution in [3.63, 3.8) is 0 Å². The van der Waals surface area contributed by atoms with Gasteiger partial charge in [0.25, 0.3) is 0 Å². The molecule has 0 aliphatic rings. The van der Waals surface area contributed by atoms with Crippen LogP contribution >= 0.6 is 0 Å². The van der Waals surface area contributed by atoms with Crippen LogP contribution in [0.25, 0.3) is 11.3 Å². The van der Waals surface area contributed by atoms with Gasteiger partial charge in [0.2, 0.25) is 0 Å². The molecule has 5 heteroatoms. The maximum absolute atomic E-state index is 13.5. The van der Waals surface area contributed by atoms with Crippen molar-refractivity contribution in [2.24, 2.45) is 0 Å². The second-order valence-corrected chi connectivity index (χ2v) is 3.82. The van der Waals surface area contributed by atoms with Crippen LogP contribution in [0.3, 0.4) is 0 Å². The lowest BCUT2D eigenvalue weighted by molar-refractivity contribution is 0.0526. The molecule has 0 aliphatic heterocycles. The monoisotopic (exact) mass is 279 g/mol. The van der Waals surface area contributed by atoms with Crippen molar-refractivity contribution in [3.05, 3.63) is 47.9 Å². The third kappa shape index (κ3) is 4.20. The molecule has 0 saturated heterocycles. The Balaban J connectivity index is 0.000000612. The number of aromatic amines is 1. The van der Waals surface area contributed by atoms with Crippen LogP contribution in [0.2, 0.25) is 0 Å². The largest absolute Gasteiger partial charge is 0.462 e. The number of H-pyrrole nitrogens is 1. The van der Waals surface area contributed by atoms with Crippen LogP contribution in [0.5, 0.6) is 0 Å². The molecule has 2 N–H and O–H groups in total. The zero-order chi connectivity index (χ0) is 15.0. The number of carbonyl (C=O) groups is 1. The van der Waals surface area contributed by atoms with Gasteiger partial charge in [0, 0.05) is 24.1 Å². The number of ether oxygens (including phenoxy) is 1. The fraction of sp³-hybridized carbons (Fsp3) is 0.267. The number of aliphatic hydroxyl groups excluding tert-OH is 1. The Bertz CT molecular complexity index is 552. The summed E-state index contributed by atoms with van der Waals surface area (Å²) in [5.41, 5.74) is 1.39. The highest BCUT2D eigenvalue weighted by molar-refractivity contribution is 5.90. The van der Waals surface area contributed by atoms with Gasteiger partial charge < -0.3 is 14.8 Å². The highest BCUT2D eigenvalue weighted by Crippen LogP contribution is 2.22. The Morgan fingerprint density at radius 1 is 1.35 bits per heavy atom. The summed E-state index contributed by atoms with van der Waals surface area (Å²) in [4.78, 5) is 14.3. The van der Waals surface area contributed by atoms with Crippen LogP contribution in [0.15, 0.2) is 36.5 Å². The van der Waals surface area contributed by atoms with E-state index in [2.05, 4.69) is 4.98 Å². The lowest BCUT2D eigenvalue weighted by Crippen LogP contribution is -2.02. The number of benzene rings is 1. The van der Waals surface area contributed by atoms with E-state index in [1.54, 1.807) is 38.1 Å². The Morgan fingerprint density at radius 3 is 2.60 bits per heavy atom. The first-order valence-corrected chi connectivity index (χ1v) is 6.35. The van der Waals surface area contributed by atoms with Gasteiger partial charge >= 0.3 is 5.97 Å². The van der Waals surface area contributed by atoms with Crippen molar-refractivity contribution in [2.75, 3.05) is 13.2 Å². The zero-order valence-electron chi connectivity index (χ0n) is 11.5. The molecular weight excluding hydrogens is 261 g/mol. The molecule has 108 valence electrons. The third-order valence-electron chi connectivity index (χ3n) is 2.36. The van der Waals surface area contributed by atoms with E-state index in [-0.39, 0.29) is 12.4 Å². The molecule has 0 amide bonds. The molecule has 0 atom stereocenters. The van der Waals surface area contributed by atoms with Crippen LogP contribution in [-0.4, -0.2) is 29.3 Å². The summed E-state index contributed by atoms with van der Waals surface area (Å²) in [6, 6.07) is 7.96. The molecule has 2 aromatic rings.